The minimum Gasteiger partial charge on any atom is -0.319 e. The average Bonchev–Trinajstić information content (AvgIpc) is 3.54. The van der Waals surface area contributed by atoms with E-state index in [1.54, 1.807) is 0 Å². The molecule has 0 aliphatic rings. The molecule has 3 aromatic heterocycles. The molecule has 0 saturated heterocycles. The van der Waals surface area contributed by atoms with Gasteiger partial charge in [0.1, 0.15) is 5.82 Å². The van der Waals surface area contributed by atoms with Gasteiger partial charge in [-0.2, -0.15) is 24.3 Å². The van der Waals surface area contributed by atoms with Crippen molar-refractivity contribution in [3.05, 3.63) is 140 Å². The third-order valence-electron chi connectivity index (χ3n) is 8.21. The molecule has 0 unspecified atom stereocenters. The van der Waals surface area contributed by atoms with Crippen molar-refractivity contribution in [3.8, 4) is 5.82 Å². The van der Waals surface area contributed by atoms with E-state index >= 15 is 0 Å². The number of benzene rings is 6. The molecule has 0 fully saturated rings. The number of fused-ring (bicyclic) bond motifs is 10. The summed E-state index contributed by atoms with van der Waals surface area (Å²) >= 11 is 0. The Labute approximate surface area is 249 Å². The molecule has 9 aromatic rings. The van der Waals surface area contributed by atoms with Crippen molar-refractivity contribution >= 4 is 70.8 Å². The standard InChI is InChI=1S/C37H22N3.Ir/c1-2-17-30-24(12-1)25-13-3-7-20-32(25)39-33-21-8-6-16-28(33)29-18-11-19-31(36(29)39)38-37(30)40-34-22-9-4-14-26(34)27-15-5-10-23-35(27)40;/h1-22H;/q-1;. The van der Waals surface area contributed by atoms with E-state index in [0.717, 1.165) is 44.2 Å². The van der Waals surface area contributed by atoms with Crippen molar-refractivity contribution in [2.75, 3.05) is 0 Å². The van der Waals surface area contributed by atoms with Crippen molar-refractivity contribution < 1.29 is 20.1 Å². The first kappa shape index (κ1) is 24.1. The molecule has 0 atom stereocenters. The number of nitrogens with zero attached hydrogens (tertiary/aromatic N) is 3. The van der Waals surface area contributed by atoms with E-state index in [2.05, 4.69) is 142 Å². The van der Waals surface area contributed by atoms with Crippen LogP contribution in [0.15, 0.2) is 133 Å². The number of aromatic nitrogens is 3. The summed E-state index contributed by atoms with van der Waals surface area (Å²) in [5, 5.41) is 8.21. The Balaban J connectivity index is 0.00000256. The predicted molar refractivity (Wildman–Crippen MR) is 167 cm³/mol. The predicted octanol–water partition coefficient (Wildman–Crippen LogP) is 9.40. The second kappa shape index (κ2) is 9.14. The summed E-state index contributed by atoms with van der Waals surface area (Å²) in [6, 6.07) is 50.9. The van der Waals surface area contributed by atoms with E-state index in [4.69, 9.17) is 4.98 Å². The van der Waals surface area contributed by atoms with E-state index in [0.29, 0.717) is 0 Å². The Morgan fingerprint density at radius 1 is 0.463 bits per heavy atom. The van der Waals surface area contributed by atoms with E-state index in [-0.39, 0.29) is 20.1 Å². The first-order chi connectivity index (χ1) is 19.9. The van der Waals surface area contributed by atoms with Gasteiger partial charge in [0.25, 0.3) is 0 Å². The molecule has 3 heterocycles. The summed E-state index contributed by atoms with van der Waals surface area (Å²) in [5.41, 5.74) is 6.53. The van der Waals surface area contributed by atoms with Gasteiger partial charge in [-0.25, -0.2) is 4.98 Å². The topological polar surface area (TPSA) is 22.2 Å². The zero-order chi connectivity index (χ0) is 26.2. The fourth-order valence-corrected chi connectivity index (χ4v) is 6.56. The molecule has 0 spiro atoms. The van der Waals surface area contributed by atoms with Crippen LogP contribution in [-0.2, 0) is 20.1 Å². The van der Waals surface area contributed by atoms with Crippen LogP contribution in [0.5, 0.6) is 0 Å². The molecule has 0 saturated carbocycles. The maximum atomic E-state index is 5.58. The van der Waals surface area contributed by atoms with Gasteiger partial charge in [0.05, 0.1) is 22.1 Å². The van der Waals surface area contributed by atoms with Crippen molar-refractivity contribution in [1.82, 2.24) is 14.0 Å². The Morgan fingerprint density at radius 3 is 1.73 bits per heavy atom. The zero-order valence-corrected chi connectivity index (χ0v) is 24.3. The monoisotopic (exact) mass is 701 g/mol. The van der Waals surface area contributed by atoms with Gasteiger partial charge in [-0.15, -0.1) is 5.39 Å². The number of para-hydroxylation sites is 5. The van der Waals surface area contributed by atoms with Crippen LogP contribution in [0.4, 0.5) is 0 Å². The van der Waals surface area contributed by atoms with E-state index in [9.17, 15) is 0 Å². The van der Waals surface area contributed by atoms with Crippen LogP contribution in [0.3, 0.4) is 0 Å². The smallest absolute Gasteiger partial charge is 0.144 e. The third-order valence-corrected chi connectivity index (χ3v) is 8.21. The molecular weight excluding hydrogens is 679 g/mol. The largest absolute Gasteiger partial charge is 0.319 e. The molecule has 0 N–H and O–H groups in total. The summed E-state index contributed by atoms with van der Waals surface area (Å²) in [4.78, 5) is 5.58. The summed E-state index contributed by atoms with van der Waals surface area (Å²) in [5.74, 6) is 0.894. The van der Waals surface area contributed by atoms with Gasteiger partial charge < -0.3 is 8.97 Å². The van der Waals surface area contributed by atoms with Crippen LogP contribution in [0.1, 0.15) is 0 Å². The fraction of sp³-hybridized carbons (Fsp3) is 0. The second-order valence-electron chi connectivity index (χ2n) is 10.3. The number of rotatable bonds is 1. The maximum Gasteiger partial charge on any atom is 0.144 e. The molecule has 195 valence electrons. The van der Waals surface area contributed by atoms with Gasteiger partial charge in [0.15, 0.2) is 0 Å². The minimum atomic E-state index is 0. The molecule has 4 heteroatoms. The van der Waals surface area contributed by atoms with Crippen LogP contribution < -0.4 is 0 Å². The number of hydrogen-bond donors (Lipinski definition) is 0. The maximum absolute atomic E-state index is 5.58. The van der Waals surface area contributed by atoms with E-state index < -0.39 is 0 Å². The molecular formula is C37H22IrN3-. The molecule has 9 rings (SSSR count). The normalized spacial score (nSPS) is 11.7. The van der Waals surface area contributed by atoms with Crippen LogP contribution in [0, 0.1) is 6.07 Å². The Hall–Kier alpha value is -4.76. The van der Waals surface area contributed by atoms with Crippen LogP contribution >= 0.6 is 0 Å². The molecule has 6 aromatic carbocycles. The second-order valence-corrected chi connectivity index (χ2v) is 10.3. The molecule has 41 heavy (non-hydrogen) atoms. The zero-order valence-electron chi connectivity index (χ0n) is 21.9. The summed E-state index contributed by atoms with van der Waals surface area (Å²) in [6.07, 6.45) is 0. The van der Waals surface area contributed by atoms with Crippen LogP contribution in [0.25, 0.3) is 76.6 Å². The summed E-state index contributed by atoms with van der Waals surface area (Å²) in [6.45, 7) is 0. The Bertz CT molecular complexity index is 2450. The molecule has 0 bridgehead atoms. The van der Waals surface area contributed by atoms with Crippen LogP contribution in [0.2, 0.25) is 0 Å². The quantitative estimate of drug-likeness (QED) is 0.157. The van der Waals surface area contributed by atoms with Gasteiger partial charge in [0, 0.05) is 47.2 Å². The van der Waals surface area contributed by atoms with Gasteiger partial charge in [0.2, 0.25) is 0 Å². The van der Waals surface area contributed by atoms with Crippen molar-refractivity contribution in [3.63, 3.8) is 0 Å². The fourth-order valence-electron chi connectivity index (χ4n) is 6.56. The summed E-state index contributed by atoms with van der Waals surface area (Å²) < 4.78 is 4.69. The van der Waals surface area contributed by atoms with E-state index in [1.807, 2.05) is 6.07 Å². The summed E-state index contributed by atoms with van der Waals surface area (Å²) in [7, 11) is 0. The molecule has 1 radical (unpaired) electrons. The van der Waals surface area contributed by atoms with Gasteiger partial charge in [-0.05, 0) is 35.0 Å². The Kier molecular flexibility index (Phi) is 5.36. The molecule has 0 amide bonds. The van der Waals surface area contributed by atoms with Crippen molar-refractivity contribution in [1.29, 1.82) is 0 Å². The van der Waals surface area contributed by atoms with Gasteiger partial charge >= 0.3 is 0 Å². The SMILES string of the molecule is [Ir].[c-]1cccc2c3ccccc3n(-c3nc4cccc5c6ccccc6n(c6ccccc6c6ccccc36)c45)c12. The molecule has 3 nitrogen and oxygen atoms in total. The van der Waals surface area contributed by atoms with Crippen LogP contribution in [-0.4, -0.2) is 14.0 Å². The average molecular weight is 701 g/mol. The number of hydrogen-bond acceptors (Lipinski definition) is 1. The Morgan fingerprint density at radius 2 is 1.00 bits per heavy atom. The first-order valence-electron chi connectivity index (χ1n) is 13.6. The first-order valence-corrected chi connectivity index (χ1v) is 13.6. The third kappa shape index (κ3) is 3.32. The van der Waals surface area contributed by atoms with Gasteiger partial charge in [-0.1, -0.05) is 96.5 Å². The van der Waals surface area contributed by atoms with Gasteiger partial charge in [-0.3, -0.25) is 0 Å². The van der Waals surface area contributed by atoms with E-state index in [1.165, 1.54) is 32.4 Å². The van der Waals surface area contributed by atoms with Crippen molar-refractivity contribution in [2.24, 2.45) is 0 Å². The molecule has 0 aliphatic heterocycles. The van der Waals surface area contributed by atoms with Crippen molar-refractivity contribution in [2.45, 2.75) is 0 Å². The molecule has 0 aliphatic carbocycles. The minimum absolute atomic E-state index is 0.